The van der Waals surface area contributed by atoms with Crippen LogP contribution >= 0.6 is 0 Å². The SMILES string of the molecule is COc1cccc(CNC2C3(C)CCC(C3)C2(C)C)c1O. The Hall–Kier alpha value is -1.22. The third-order valence-corrected chi connectivity index (χ3v) is 6.07. The molecule has 2 N–H and O–H groups in total. The molecule has 0 radical (unpaired) electrons. The van der Waals surface area contributed by atoms with E-state index in [2.05, 4.69) is 26.1 Å². The molecule has 21 heavy (non-hydrogen) atoms. The quantitative estimate of drug-likeness (QED) is 0.888. The monoisotopic (exact) mass is 289 g/mol. The van der Waals surface area contributed by atoms with Gasteiger partial charge in [-0.25, -0.2) is 0 Å². The lowest BCUT2D eigenvalue weighted by Gasteiger charge is -2.43. The number of phenolic OH excluding ortho intramolecular Hbond substituents is 1. The van der Waals surface area contributed by atoms with E-state index in [1.807, 2.05) is 12.1 Å². The van der Waals surface area contributed by atoms with Crippen molar-refractivity contribution in [2.24, 2.45) is 16.7 Å². The van der Waals surface area contributed by atoms with Gasteiger partial charge in [-0.1, -0.05) is 32.9 Å². The van der Waals surface area contributed by atoms with Gasteiger partial charge >= 0.3 is 0 Å². The number of para-hydroxylation sites is 1. The van der Waals surface area contributed by atoms with Crippen molar-refractivity contribution in [2.75, 3.05) is 7.11 Å². The molecule has 0 spiro atoms. The van der Waals surface area contributed by atoms with Gasteiger partial charge in [-0.2, -0.15) is 0 Å². The van der Waals surface area contributed by atoms with E-state index in [1.165, 1.54) is 19.3 Å². The number of benzene rings is 1. The first-order valence-corrected chi connectivity index (χ1v) is 7.97. The second-order valence-corrected chi connectivity index (χ2v) is 7.70. The predicted molar refractivity (Wildman–Crippen MR) is 84.5 cm³/mol. The summed E-state index contributed by atoms with van der Waals surface area (Å²) in [7, 11) is 1.59. The number of phenols is 1. The van der Waals surface area contributed by atoms with Gasteiger partial charge in [0.25, 0.3) is 0 Å². The average Bonchev–Trinajstić information content (AvgIpc) is 2.91. The number of hydrogen-bond acceptors (Lipinski definition) is 3. The zero-order valence-electron chi connectivity index (χ0n) is 13.6. The molecular formula is C18H27NO2. The Balaban J connectivity index is 1.76. The largest absolute Gasteiger partial charge is 0.504 e. The summed E-state index contributed by atoms with van der Waals surface area (Å²) in [5, 5.41) is 14.0. The first-order chi connectivity index (χ1) is 9.88. The van der Waals surface area contributed by atoms with E-state index < -0.39 is 0 Å². The van der Waals surface area contributed by atoms with Crippen molar-refractivity contribution in [3.63, 3.8) is 0 Å². The number of aromatic hydroxyl groups is 1. The second kappa shape index (κ2) is 4.91. The van der Waals surface area contributed by atoms with Crippen LogP contribution < -0.4 is 10.1 Å². The highest BCUT2D eigenvalue weighted by molar-refractivity contribution is 5.45. The first kappa shape index (κ1) is 14.7. The van der Waals surface area contributed by atoms with Gasteiger partial charge < -0.3 is 15.2 Å². The van der Waals surface area contributed by atoms with Crippen LogP contribution in [-0.4, -0.2) is 18.3 Å². The zero-order chi connectivity index (χ0) is 15.3. The number of rotatable bonds is 4. The lowest BCUT2D eigenvalue weighted by molar-refractivity contribution is 0.108. The van der Waals surface area contributed by atoms with E-state index in [0.29, 0.717) is 29.2 Å². The first-order valence-electron chi connectivity index (χ1n) is 7.97. The predicted octanol–water partition coefficient (Wildman–Crippen LogP) is 3.71. The van der Waals surface area contributed by atoms with Crippen LogP contribution in [0.5, 0.6) is 11.5 Å². The van der Waals surface area contributed by atoms with Crippen molar-refractivity contribution in [2.45, 2.75) is 52.6 Å². The van der Waals surface area contributed by atoms with E-state index in [0.717, 1.165) is 11.5 Å². The summed E-state index contributed by atoms with van der Waals surface area (Å²) < 4.78 is 5.19. The number of nitrogens with one attached hydrogen (secondary N) is 1. The third kappa shape index (κ3) is 2.22. The number of methoxy groups -OCH3 is 1. The maximum atomic E-state index is 10.2. The van der Waals surface area contributed by atoms with Crippen LogP contribution in [0.25, 0.3) is 0 Å². The number of ether oxygens (including phenoxy) is 1. The molecule has 0 aliphatic heterocycles. The van der Waals surface area contributed by atoms with Crippen molar-refractivity contribution in [3.8, 4) is 11.5 Å². The summed E-state index contributed by atoms with van der Waals surface area (Å²) in [6, 6.07) is 6.20. The van der Waals surface area contributed by atoms with Crippen molar-refractivity contribution in [3.05, 3.63) is 23.8 Å². The molecule has 2 aliphatic rings. The van der Waals surface area contributed by atoms with E-state index in [4.69, 9.17) is 4.74 Å². The Kier molecular flexibility index (Phi) is 3.44. The highest BCUT2D eigenvalue weighted by Crippen LogP contribution is 2.62. The highest BCUT2D eigenvalue weighted by atomic mass is 16.5. The maximum Gasteiger partial charge on any atom is 0.162 e. The van der Waals surface area contributed by atoms with Crippen LogP contribution in [-0.2, 0) is 6.54 Å². The lowest BCUT2D eigenvalue weighted by atomic mass is 9.68. The molecule has 0 aromatic heterocycles. The van der Waals surface area contributed by atoms with Gasteiger partial charge in [0.05, 0.1) is 7.11 Å². The molecule has 3 rings (SSSR count). The third-order valence-electron chi connectivity index (χ3n) is 6.07. The van der Waals surface area contributed by atoms with Gasteiger partial charge in [0.1, 0.15) is 0 Å². The van der Waals surface area contributed by atoms with E-state index >= 15 is 0 Å². The molecule has 3 nitrogen and oxygen atoms in total. The Morgan fingerprint density at radius 1 is 1.33 bits per heavy atom. The molecule has 2 fully saturated rings. The summed E-state index contributed by atoms with van der Waals surface area (Å²) in [4.78, 5) is 0. The summed E-state index contributed by atoms with van der Waals surface area (Å²) in [5.41, 5.74) is 1.65. The zero-order valence-corrected chi connectivity index (χ0v) is 13.6. The van der Waals surface area contributed by atoms with Crippen molar-refractivity contribution in [1.82, 2.24) is 5.32 Å². The summed E-state index contributed by atoms with van der Waals surface area (Å²) in [6.07, 6.45) is 4.02. The number of fused-ring (bicyclic) bond motifs is 2. The molecule has 3 atom stereocenters. The van der Waals surface area contributed by atoms with Crippen LogP contribution in [0.3, 0.4) is 0 Å². The van der Waals surface area contributed by atoms with Crippen molar-refractivity contribution in [1.29, 1.82) is 0 Å². The van der Waals surface area contributed by atoms with Gasteiger partial charge in [0.15, 0.2) is 11.5 Å². The molecule has 3 heteroatoms. The van der Waals surface area contributed by atoms with E-state index in [-0.39, 0.29) is 5.75 Å². The van der Waals surface area contributed by atoms with Crippen LogP contribution in [0.15, 0.2) is 18.2 Å². The number of hydrogen-bond donors (Lipinski definition) is 2. The minimum atomic E-state index is 0.263. The molecule has 3 unspecified atom stereocenters. The van der Waals surface area contributed by atoms with Gasteiger partial charge in [-0.3, -0.25) is 0 Å². The molecule has 1 aromatic carbocycles. The highest BCUT2D eigenvalue weighted by Gasteiger charge is 2.58. The fraction of sp³-hybridized carbons (Fsp3) is 0.667. The topological polar surface area (TPSA) is 41.5 Å². The summed E-state index contributed by atoms with van der Waals surface area (Å²) in [6.45, 7) is 7.90. The smallest absolute Gasteiger partial charge is 0.162 e. The molecule has 0 heterocycles. The van der Waals surface area contributed by atoms with Crippen LogP contribution in [0.4, 0.5) is 0 Å². The summed E-state index contributed by atoms with van der Waals surface area (Å²) >= 11 is 0. The van der Waals surface area contributed by atoms with Crippen molar-refractivity contribution >= 4 is 0 Å². The fourth-order valence-corrected chi connectivity index (χ4v) is 4.90. The summed E-state index contributed by atoms with van der Waals surface area (Å²) in [5.74, 6) is 1.64. The maximum absolute atomic E-state index is 10.2. The Bertz CT molecular complexity index is 535. The molecular weight excluding hydrogens is 262 g/mol. The van der Waals surface area contributed by atoms with Gasteiger partial charge in [0, 0.05) is 18.2 Å². The standard InChI is InChI=1S/C18H27NO2/c1-17(2)13-8-9-18(3,10-13)16(17)19-11-12-6-5-7-14(21-4)15(12)20/h5-7,13,16,19-20H,8-11H2,1-4H3. The molecule has 2 aliphatic carbocycles. The molecule has 116 valence electrons. The van der Waals surface area contributed by atoms with Gasteiger partial charge in [-0.05, 0) is 42.1 Å². The Morgan fingerprint density at radius 2 is 2.10 bits per heavy atom. The molecule has 2 bridgehead atoms. The van der Waals surface area contributed by atoms with Crippen LogP contribution in [0.1, 0.15) is 45.6 Å². The van der Waals surface area contributed by atoms with Gasteiger partial charge in [0.2, 0.25) is 0 Å². The minimum Gasteiger partial charge on any atom is -0.504 e. The van der Waals surface area contributed by atoms with Crippen molar-refractivity contribution < 1.29 is 9.84 Å². The molecule has 0 saturated heterocycles. The van der Waals surface area contributed by atoms with Crippen LogP contribution in [0, 0.1) is 16.7 Å². The van der Waals surface area contributed by atoms with Gasteiger partial charge in [-0.15, -0.1) is 0 Å². The normalized spacial score (nSPS) is 33.3. The molecule has 1 aromatic rings. The fourth-order valence-electron chi connectivity index (χ4n) is 4.90. The molecule has 0 amide bonds. The van der Waals surface area contributed by atoms with Crippen LogP contribution in [0.2, 0.25) is 0 Å². The lowest BCUT2D eigenvalue weighted by Crippen LogP contribution is -2.49. The Labute approximate surface area is 127 Å². The minimum absolute atomic E-state index is 0.263. The van der Waals surface area contributed by atoms with E-state index in [1.54, 1.807) is 13.2 Å². The average molecular weight is 289 g/mol. The molecule has 2 saturated carbocycles. The Morgan fingerprint density at radius 3 is 2.71 bits per heavy atom. The van der Waals surface area contributed by atoms with E-state index in [9.17, 15) is 5.11 Å². The second-order valence-electron chi connectivity index (χ2n) is 7.70.